The summed E-state index contributed by atoms with van der Waals surface area (Å²) < 4.78 is 140. The maximum atomic E-state index is 12.8. The summed E-state index contributed by atoms with van der Waals surface area (Å²) in [6, 6.07) is 11.2. The molecule has 202 valence electrons. The van der Waals surface area contributed by atoms with Crippen LogP contribution < -0.4 is 9.47 Å². The molecule has 2 aromatic rings. The third-order valence-electron chi connectivity index (χ3n) is 4.70. The molecule has 0 unspecified atom stereocenters. The Morgan fingerprint density at radius 2 is 1.53 bits per heavy atom. The first kappa shape index (κ1) is 29.5. The Morgan fingerprint density at radius 1 is 0.833 bits per heavy atom. The van der Waals surface area contributed by atoms with Gasteiger partial charge in [-0.2, -0.15) is 35.6 Å². The lowest BCUT2D eigenvalue weighted by atomic mass is 10.0. The van der Waals surface area contributed by atoms with Crippen molar-refractivity contribution in [3.63, 3.8) is 0 Å². The highest BCUT2D eigenvalue weighted by atomic mass is 19.4. The van der Waals surface area contributed by atoms with E-state index < -0.39 is 62.1 Å². The van der Waals surface area contributed by atoms with E-state index in [1.165, 1.54) is 24.3 Å². The third-order valence-corrected chi connectivity index (χ3v) is 4.70. The van der Waals surface area contributed by atoms with E-state index in [4.69, 9.17) is 4.74 Å². The molecule has 0 spiro atoms. The van der Waals surface area contributed by atoms with Gasteiger partial charge in [0, 0.05) is 13.0 Å². The number of ether oxygens (including phenoxy) is 3. The second-order valence-electron chi connectivity index (χ2n) is 7.33. The van der Waals surface area contributed by atoms with E-state index in [9.17, 15) is 43.9 Å². The highest BCUT2D eigenvalue weighted by Gasteiger charge is 2.42. The lowest BCUT2D eigenvalue weighted by molar-refractivity contribution is -0.294. The van der Waals surface area contributed by atoms with Gasteiger partial charge >= 0.3 is 25.8 Å². The van der Waals surface area contributed by atoms with Crippen molar-refractivity contribution >= 4 is 0 Å². The van der Waals surface area contributed by atoms with Crippen LogP contribution in [0.4, 0.5) is 43.9 Å². The summed E-state index contributed by atoms with van der Waals surface area (Å²) in [7, 11) is 0. The molecule has 0 N–H and O–H groups in total. The number of halogens is 10. The second-order valence-corrected chi connectivity index (χ2v) is 7.33. The van der Waals surface area contributed by atoms with Crippen LogP contribution in [0.25, 0.3) is 0 Å². The van der Waals surface area contributed by atoms with Crippen molar-refractivity contribution in [3.8, 4) is 11.5 Å². The molecule has 2 aromatic carbocycles. The Hall–Kier alpha value is -2.74. The predicted molar refractivity (Wildman–Crippen MR) is 106 cm³/mol. The minimum Gasteiger partial charge on any atom is -0.464 e. The summed E-state index contributed by atoms with van der Waals surface area (Å²) in [4.78, 5) is -1.04. The number of alkyl halides is 10. The molecule has 0 amide bonds. The lowest BCUT2D eigenvalue weighted by Crippen LogP contribution is -2.42. The first-order valence-electron chi connectivity index (χ1n) is 10.4. The Morgan fingerprint density at radius 3 is 2.14 bits per heavy atom. The van der Waals surface area contributed by atoms with Crippen LogP contribution in [0.5, 0.6) is 11.5 Å². The fraction of sp³-hybridized carbons (Fsp3) is 0.455. The van der Waals surface area contributed by atoms with E-state index in [-0.39, 0.29) is 18.6 Å². The average Bonchev–Trinajstić information content (AvgIpc) is 2.73. The van der Waals surface area contributed by atoms with Crippen LogP contribution in [0.1, 0.15) is 24.0 Å². The van der Waals surface area contributed by atoms with Gasteiger partial charge in [0.25, 0.3) is 0 Å². The van der Waals surface area contributed by atoms with Gasteiger partial charge in [0.05, 0.1) is 0 Å². The van der Waals surface area contributed by atoms with Gasteiger partial charge in [-0.3, -0.25) is 4.74 Å². The first-order chi connectivity index (χ1) is 16.7. The Labute approximate surface area is 199 Å². The third kappa shape index (κ3) is 10.5. The molecule has 0 radical (unpaired) electrons. The van der Waals surface area contributed by atoms with Crippen LogP contribution in [0.2, 0.25) is 0 Å². The fourth-order valence-corrected chi connectivity index (χ4v) is 3.18. The Bertz CT molecular complexity index is 937. The first-order valence-corrected chi connectivity index (χ1v) is 10.4. The van der Waals surface area contributed by atoms with E-state index in [0.717, 1.165) is 6.07 Å². The van der Waals surface area contributed by atoms with Gasteiger partial charge in [0.1, 0.15) is 11.5 Å². The van der Waals surface area contributed by atoms with Gasteiger partial charge in [-0.25, -0.2) is 0 Å². The van der Waals surface area contributed by atoms with Crippen LogP contribution in [0.15, 0.2) is 48.5 Å². The second kappa shape index (κ2) is 13.0. The number of para-hydroxylation sites is 1. The van der Waals surface area contributed by atoms with Crippen molar-refractivity contribution in [3.05, 3.63) is 59.7 Å². The normalized spacial score (nSPS) is 13.5. The minimum atomic E-state index is -5.32. The maximum Gasteiger partial charge on any atom is 0.573 e. The van der Waals surface area contributed by atoms with Crippen LogP contribution in [0, 0.1) is 0 Å². The van der Waals surface area contributed by atoms with E-state index >= 15 is 0 Å². The minimum absolute atomic E-state index is 0.0346. The van der Waals surface area contributed by atoms with Crippen molar-refractivity contribution < 1.29 is 58.1 Å². The van der Waals surface area contributed by atoms with Crippen LogP contribution in [-0.2, 0) is 17.6 Å². The quantitative estimate of drug-likeness (QED) is 0.154. The van der Waals surface area contributed by atoms with Gasteiger partial charge in [-0.15, -0.1) is 13.2 Å². The molecule has 4 nitrogen and oxygen atoms in total. The average molecular weight is 537 g/mol. The van der Waals surface area contributed by atoms with Crippen molar-refractivity contribution in [1.82, 2.24) is 4.90 Å². The van der Waals surface area contributed by atoms with E-state index in [1.807, 2.05) is 0 Å². The highest BCUT2D eigenvalue weighted by Crippen LogP contribution is 2.28. The van der Waals surface area contributed by atoms with E-state index in [1.54, 1.807) is 18.2 Å². The zero-order chi connectivity index (χ0) is 26.9. The van der Waals surface area contributed by atoms with Crippen LogP contribution in [-0.4, -0.2) is 43.6 Å². The Kier molecular flexibility index (Phi) is 10.6. The monoisotopic (exact) mass is 537 g/mol. The number of aryl methyl sites for hydroxylation is 2. The molecule has 0 aliphatic carbocycles. The molecule has 0 aliphatic rings. The summed E-state index contributed by atoms with van der Waals surface area (Å²) >= 11 is 0. The van der Waals surface area contributed by atoms with Crippen molar-refractivity contribution in [1.29, 1.82) is 0 Å². The summed E-state index contributed by atoms with van der Waals surface area (Å²) in [6.45, 7) is -8.36. The molecule has 2 rings (SSSR count). The van der Waals surface area contributed by atoms with E-state index in [0.29, 0.717) is 11.1 Å². The summed E-state index contributed by atoms with van der Waals surface area (Å²) in [5.41, 5.74) is 0.901. The fourth-order valence-electron chi connectivity index (χ4n) is 3.18. The van der Waals surface area contributed by atoms with Gasteiger partial charge in [0.15, 0.2) is 0 Å². The lowest BCUT2D eigenvalue weighted by Gasteiger charge is -2.25. The molecule has 14 heteroatoms. The van der Waals surface area contributed by atoms with Gasteiger partial charge < -0.3 is 9.47 Å². The number of hydrogen-bond donors (Lipinski definition) is 0. The molecule has 0 heterocycles. The highest BCUT2D eigenvalue weighted by molar-refractivity contribution is 5.35. The molecule has 1 atom stereocenters. The number of rotatable bonds is 13. The van der Waals surface area contributed by atoms with Crippen molar-refractivity contribution in [2.75, 3.05) is 6.54 Å². The maximum absolute atomic E-state index is 12.8. The van der Waals surface area contributed by atoms with Gasteiger partial charge in [-0.1, -0.05) is 30.3 Å². The molecule has 0 fully saturated rings. The molecule has 0 bridgehead atoms. The summed E-state index contributed by atoms with van der Waals surface area (Å²) in [5.74, 6) is -0.390. The van der Waals surface area contributed by atoms with Crippen molar-refractivity contribution in [2.45, 2.75) is 57.8 Å². The van der Waals surface area contributed by atoms with Gasteiger partial charge in [0.2, 0.25) is 6.29 Å². The largest absolute Gasteiger partial charge is 0.573 e. The standard InChI is InChI=1S/C22H21F10NO3/c23-19(24)33(21(27,28)29)12-4-9-18(35-20(25)26)34-17-8-2-1-6-15(17)11-10-14-5-3-7-16(13-14)36-22(30,31)32/h1-3,5-8,13,18-20H,4,9-12H2/t18-/m0/s1. The molecule has 0 aliphatic heterocycles. The smallest absolute Gasteiger partial charge is 0.464 e. The molecular weight excluding hydrogens is 516 g/mol. The molecule has 36 heavy (non-hydrogen) atoms. The summed E-state index contributed by atoms with van der Waals surface area (Å²) in [6.07, 6.45) is -12.7. The number of benzene rings is 2. The van der Waals surface area contributed by atoms with Crippen LogP contribution >= 0.6 is 0 Å². The number of nitrogens with zero attached hydrogens (tertiary/aromatic N) is 1. The zero-order valence-electron chi connectivity index (χ0n) is 18.3. The van der Waals surface area contributed by atoms with Crippen molar-refractivity contribution in [2.24, 2.45) is 0 Å². The predicted octanol–water partition coefficient (Wildman–Crippen LogP) is 7.14. The Balaban J connectivity index is 2.06. The SMILES string of the molecule is FC(F)O[C@@H](CCCN(C(F)F)C(F)(F)F)Oc1ccccc1CCc1cccc(OC(F)(F)F)c1. The molecule has 0 aromatic heterocycles. The molecular formula is C22H21F10NO3. The molecule has 0 saturated heterocycles. The van der Waals surface area contributed by atoms with Gasteiger partial charge in [-0.05, 0) is 48.6 Å². The summed E-state index contributed by atoms with van der Waals surface area (Å²) in [5, 5.41) is 0. The topological polar surface area (TPSA) is 30.9 Å². The van der Waals surface area contributed by atoms with Crippen LogP contribution in [0.3, 0.4) is 0 Å². The zero-order valence-corrected chi connectivity index (χ0v) is 18.3. The molecule has 0 saturated carbocycles. The van der Waals surface area contributed by atoms with E-state index in [2.05, 4.69) is 9.47 Å². The number of hydrogen-bond acceptors (Lipinski definition) is 4.